The zero-order valence-electron chi connectivity index (χ0n) is 19.1. The molecule has 1 saturated heterocycles. The molecule has 0 unspecified atom stereocenters. The van der Waals surface area contributed by atoms with Gasteiger partial charge in [-0.25, -0.2) is 4.39 Å². The van der Waals surface area contributed by atoms with E-state index in [1.165, 1.54) is 17.0 Å². The summed E-state index contributed by atoms with van der Waals surface area (Å²) in [7, 11) is 0. The number of aryl methyl sites for hydroxylation is 1. The van der Waals surface area contributed by atoms with Crippen molar-refractivity contribution in [1.82, 2.24) is 9.47 Å². The highest BCUT2D eigenvalue weighted by molar-refractivity contribution is 8.18. The van der Waals surface area contributed by atoms with Crippen molar-refractivity contribution in [1.29, 1.82) is 0 Å². The molecule has 1 aliphatic rings. The number of halogens is 1. The van der Waals surface area contributed by atoms with Crippen LogP contribution < -0.4 is 4.74 Å². The van der Waals surface area contributed by atoms with Crippen LogP contribution in [-0.4, -0.2) is 33.8 Å². The molecule has 3 aromatic carbocycles. The summed E-state index contributed by atoms with van der Waals surface area (Å²) in [6.07, 6.45) is 3.73. The number of rotatable bonds is 7. The molecule has 7 heteroatoms. The molecule has 35 heavy (non-hydrogen) atoms. The van der Waals surface area contributed by atoms with E-state index in [4.69, 9.17) is 4.74 Å². The summed E-state index contributed by atoms with van der Waals surface area (Å²) in [6, 6.07) is 21.9. The van der Waals surface area contributed by atoms with Crippen molar-refractivity contribution < 1.29 is 18.7 Å². The van der Waals surface area contributed by atoms with Crippen molar-refractivity contribution >= 4 is 39.9 Å². The minimum Gasteiger partial charge on any atom is -0.492 e. The van der Waals surface area contributed by atoms with Gasteiger partial charge in [-0.05, 0) is 66.2 Å². The number of amides is 2. The standard InChI is InChI=1S/C28H23FN2O3S/c1-19-5-4-6-23(15-19)34-14-13-31-27(32)26(35-28(31)33)16-21-18-30(25-8-3-2-7-24(21)25)17-20-9-11-22(29)12-10-20/h2-12,15-16,18H,13-14,17H2,1H3/b26-16-. The van der Waals surface area contributed by atoms with Crippen LogP contribution in [0.4, 0.5) is 9.18 Å². The number of carbonyl (C=O) groups excluding carboxylic acids is 2. The van der Waals surface area contributed by atoms with Crippen LogP contribution in [0.25, 0.3) is 17.0 Å². The van der Waals surface area contributed by atoms with Gasteiger partial charge in [0.05, 0.1) is 11.4 Å². The molecule has 0 aliphatic carbocycles. The number of fused-ring (bicyclic) bond motifs is 1. The number of benzene rings is 3. The normalized spacial score (nSPS) is 14.9. The largest absolute Gasteiger partial charge is 0.492 e. The van der Waals surface area contributed by atoms with Gasteiger partial charge in [-0.15, -0.1) is 0 Å². The molecule has 1 aliphatic heterocycles. The van der Waals surface area contributed by atoms with Gasteiger partial charge in [0.15, 0.2) is 0 Å². The monoisotopic (exact) mass is 486 g/mol. The van der Waals surface area contributed by atoms with Gasteiger partial charge in [-0.1, -0.05) is 42.5 Å². The second-order valence-corrected chi connectivity index (χ2v) is 9.35. The smallest absolute Gasteiger partial charge is 0.293 e. The number of ether oxygens (including phenoxy) is 1. The second kappa shape index (κ2) is 9.80. The van der Waals surface area contributed by atoms with E-state index in [0.29, 0.717) is 17.2 Å². The third kappa shape index (κ3) is 5.00. The first-order valence-corrected chi connectivity index (χ1v) is 12.1. The first-order valence-electron chi connectivity index (χ1n) is 11.2. The lowest BCUT2D eigenvalue weighted by Crippen LogP contribution is -2.32. The predicted octanol–water partition coefficient (Wildman–Crippen LogP) is 6.25. The van der Waals surface area contributed by atoms with Crippen LogP contribution in [0.1, 0.15) is 16.7 Å². The Morgan fingerprint density at radius 2 is 1.80 bits per heavy atom. The summed E-state index contributed by atoms with van der Waals surface area (Å²) >= 11 is 0.941. The van der Waals surface area contributed by atoms with Gasteiger partial charge in [-0.2, -0.15) is 0 Å². The van der Waals surface area contributed by atoms with Gasteiger partial charge in [0.1, 0.15) is 18.2 Å². The fraction of sp³-hybridized carbons (Fsp3) is 0.143. The Hall–Kier alpha value is -3.84. The van der Waals surface area contributed by atoms with Crippen LogP contribution in [0.15, 0.2) is 83.9 Å². The highest BCUT2D eigenvalue weighted by atomic mass is 32.2. The Bertz CT molecular complexity index is 1440. The molecule has 176 valence electrons. The fourth-order valence-corrected chi connectivity index (χ4v) is 4.96. The first-order chi connectivity index (χ1) is 17.0. The maximum absolute atomic E-state index is 13.3. The van der Waals surface area contributed by atoms with Gasteiger partial charge < -0.3 is 9.30 Å². The van der Waals surface area contributed by atoms with Gasteiger partial charge in [0.2, 0.25) is 0 Å². The van der Waals surface area contributed by atoms with Crippen molar-refractivity contribution in [3.8, 4) is 5.75 Å². The maximum atomic E-state index is 13.3. The Morgan fingerprint density at radius 3 is 2.60 bits per heavy atom. The van der Waals surface area contributed by atoms with Crippen LogP contribution >= 0.6 is 11.8 Å². The number of para-hydroxylation sites is 1. The van der Waals surface area contributed by atoms with Crippen molar-refractivity contribution in [2.75, 3.05) is 13.2 Å². The molecule has 0 bridgehead atoms. The molecule has 0 spiro atoms. The first kappa shape index (κ1) is 22.9. The number of imide groups is 1. The molecule has 1 fully saturated rings. The van der Waals surface area contributed by atoms with E-state index in [0.717, 1.165) is 39.4 Å². The van der Waals surface area contributed by atoms with Crippen molar-refractivity contribution in [2.24, 2.45) is 0 Å². The number of hydrogen-bond acceptors (Lipinski definition) is 4. The number of aromatic nitrogens is 1. The van der Waals surface area contributed by atoms with Gasteiger partial charge in [0.25, 0.3) is 11.1 Å². The lowest BCUT2D eigenvalue weighted by atomic mass is 10.1. The molecule has 0 saturated carbocycles. The highest BCUT2D eigenvalue weighted by Crippen LogP contribution is 2.34. The van der Waals surface area contributed by atoms with Gasteiger partial charge in [-0.3, -0.25) is 14.5 Å². The summed E-state index contributed by atoms with van der Waals surface area (Å²) in [4.78, 5) is 27.2. The van der Waals surface area contributed by atoms with Gasteiger partial charge in [0, 0.05) is 29.2 Å². The average Bonchev–Trinajstić information content (AvgIpc) is 3.32. The summed E-state index contributed by atoms with van der Waals surface area (Å²) in [5.41, 5.74) is 3.89. The van der Waals surface area contributed by atoms with E-state index in [1.807, 2.05) is 61.7 Å². The zero-order chi connectivity index (χ0) is 24.4. The van der Waals surface area contributed by atoms with Crippen LogP contribution in [0.2, 0.25) is 0 Å². The van der Waals surface area contributed by atoms with Crippen LogP contribution in [0, 0.1) is 12.7 Å². The van der Waals surface area contributed by atoms with Gasteiger partial charge >= 0.3 is 0 Å². The Kier molecular flexibility index (Phi) is 6.42. The summed E-state index contributed by atoms with van der Waals surface area (Å²) < 4.78 is 21.1. The van der Waals surface area contributed by atoms with E-state index >= 15 is 0 Å². The van der Waals surface area contributed by atoms with E-state index in [1.54, 1.807) is 18.2 Å². The lowest BCUT2D eigenvalue weighted by molar-refractivity contribution is -0.123. The van der Waals surface area contributed by atoms with Crippen molar-refractivity contribution in [3.63, 3.8) is 0 Å². The number of thioether (sulfide) groups is 1. The third-order valence-corrected chi connectivity index (χ3v) is 6.73. The predicted molar refractivity (Wildman–Crippen MR) is 137 cm³/mol. The van der Waals surface area contributed by atoms with E-state index in [2.05, 4.69) is 4.57 Å². The van der Waals surface area contributed by atoms with Crippen molar-refractivity contribution in [2.45, 2.75) is 13.5 Å². The molecular weight excluding hydrogens is 463 g/mol. The molecule has 2 amide bonds. The zero-order valence-corrected chi connectivity index (χ0v) is 19.9. The Balaban J connectivity index is 1.34. The van der Waals surface area contributed by atoms with Crippen LogP contribution in [-0.2, 0) is 11.3 Å². The SMILES string of the molecule is Cc1cccc(OCCN2C(=O)S/C(=C\c3cn(Cc4ccc(F)cc4)c4ccccc34)C2=O)c1. The Morgan fingerprint density at radius 1 is 1.00 bits per heavy atom. The maximum Gasteiger partial charge on any atom is 0.293 e. The molecule has 0 atom stereocenters. The highest BCUT2D eigenvalue weighted by Gasteiger charge is 2.35. The average molecular weight is 487 g/mol. The van der Waals surface area contributed by atoms with E-state index in [9.17, 15) is 14.0 Å². The van der Waals surface area contributed by atoms with E-state index in [-0.39, 0.29) is 30.1 Å². The molecule has 4 aromatic rings. The summed E-state index contributed by atoms with van der Waals surface area (Å²) in [5, 5.41) is 0.674. The summed E-state index contributed by atoms with van der Waals surface area (Å²) in [5.74, 6) is 0.122. The topological polar surface area (TPSA) is 51.5 Å². The number of hydrogen-bond donors (Lipinski definition) is 0. The molecule has 2 heterocycles. The fourth-order valence-electron chi connectivity index (χ4n) is 4.10. The van der Waals surface area contributed by atoms with Crippen LogP contribution in [0.5, 0.6) is 5.75 Å². The molecule has 0 N–H and O–H groups in total. The lowest BCUT2D eigenvalue weighted by Gasteiger charge is -2.13. The van der Waals surface area contributed by atoms with Crippen molar-refractivity contribution in [3.05, 3.63) is 106 Å². The molecule has 5 rings (SSSR count). The quantitative estimate of drug-likeness (QED) is 0.290. The summed E-state index contributed by atoms with van der Waals surface area (Å²) in [6.45, 7) is 2.95. The second-order valence-electron chi connectivity index (χ2n) is 8.35. The van der Waals surface area contributed by atoms with Crippen LogP contribution in [0.3, 0.4) is 0 Å². The minimum atomic E-state index is -0.316. The van der Waals surface area contributed by atoms with E-state index < -0.39 is 0 Å². The Labute approximate surface area is 206 Å². The molecule has 0 radical (unpaired) electrons. The molecule has 1 aromatic heterocycles. The molecule has 5 nitrogen and oxygen atoms in total. The number of carbonyl (C=O) groups is 2. The minimum absolute atomic E-state index is 0.183. The molecular formula is C28H23FN2O3S. The number of nitrogens with zero attached hydrogens (tertiary/aromatic N) is 2. The third-order valence-electron chi connectivity index (χ3n) is 5.82.